The fourth-order valence-corrected chi connectivity index (χ4v) is 2.05. The summed E-state index contributed by atoms with van der Waals surface area (Å²) >= 11 is 5.96. The molecule has 0 spiro atoms. The molecule has 7 nitrogen and oxygen atoms in total. The van der Waals surface area contributed by atoms with Crippen LogP contribution in [-0.4, -0.2) is 50.9 Å². The van der Waals surface area contributed by atoms with Gasteiger partial charge in [0.1, 0.15) is 0 Å². The van der Waals surface area contributed by atoms with E-state index in [1.165, 1.54) is 0 Å². The molecule has 1 unspecified atom stereocenters. The van der Waals surface area contributed by atoms with Crippen molar-refractivity contribution in [3.8, 4) is 0 Å². The quantitative estimate of drug-likeness (QED) is 0.491. The second-order valence-corrected chi connectivity index (χ2v) is 5.48. The van der Waals surface area contributed by atoms with Crippen molar-refractivity contribution < 1.29 is 19.3 Å². The Balaban J connectivity index is 2.34. The molecule has 0 aromatic heterocycles. The van der Waals surface area contributed by atoms with Crippen molar-refractivity contribution >= 4 is 35.0 Å². The summed E-state index contributed by atoms with van der Waals surface area (Å²) in [7, 11) is 1.72. The van der Waals surface area contributed by atoms with Gasteiger partial charge in [-0.15, -0.1) is 0 Å². The number of quaternary nitrogens is 1. The van der Waals surface area contributed by atoms with E-state index >= 15 is 0 Å². The number of benzene rings is 1. The van der Waals surface area contributed by atoms with Gasteiger partial charge in [-0.25, -0.2) is 0 Å². The smallest absolute Gasteiger partial charge is 0.279 e. The monoisotopic (exact) mass is 341 g/mol. The Labute approximate surface area is 140 Å². The standard InChI is InChI=1S/C15H21ClN4O3/c1-3-17-13(21)8-18-14(22)9-20(2)10-15(23)19-12-7-5-4-6-11(12)16/h4-7H,3,8-10H2,1-2H3,(H,17,21)(H,18,22)(H,19,23)/p+1. The number of carbonyl (C=O) groups excluding carboxylic acids is 3. The minimum Gasteiger partial charge on any atom is -0.355 e. The lowest BCUT2D eigenvalue weighted by atomic mass is 10.3. The first-order valence-electron chi connectivity index (χ1n) is 7.31. The number of nitrogens with one attached hydrogen (secondary N) is 4. The molecule has 1 aromatic rings. The maximum absolute atomic E-state index is 11.9. The van der Waals surface area contributed by atoms with Gasteiger partial charge in [0.15, 0.2) is 13.1 Å². The van der Waals surface area contributed by atoms with Crippen LogP contribution < -0.4 is 20.9 Å². The Morgan fingerprint density at radius 1 is 1.04 bits per heavy atom. The lowest BCUT2D eigenvalue weighted by Gasteiger charge is -2.14. The third kappa shape index (κ3) is 7.62. The SMILES string of the molecule is CCNC(=O)CNC(=O)C[NH+](C)CC(=O)Nc1ccccc1Cl. The van der Waals surface area contributed by atoms with Crippen LogP contribution in [0, 0.1) is 0 Å². The van der Waals surface area contributed by atoms with Gasteiger partial charge in [0.25, 0.3) is 11.8 Å². The maximum atomic E-state index is 11.9. The molecule has 4 N–H and O–H groups in total. The molecule has 1 rings (SSSR count). The first-order chi connectivity index (χ1) is 10.9. The van der Waals surface area contributed by atoms with Crippen LogP contribution in [0.1, 0.15) is 6.92 Å². The van der Waals surface area contributed by atoms with Gasteiger partial charge in [-0.1, -0.05) is 23.7 Å². The highest BCUT2D eigenvalue weighted by Crippen LogP contribution is 2.19. The summed E-state index contributed by atoms with van der Waals surface area (Å²) in [5, 5.41) is 8.24. The fraction of sp³-hybridized carbons (Fsp3) is 0.400. The molecule has 23 heavy (non-hydrogen) atoms. The zero-order chi connectivity index (χ0) is 17.2. The first kappa shape index (κ1) is 18.9. The Bertz CT molecular complexity index is 565. The summed E-state index contributed by atoms with van der Waals surface area (Å²) in [5.74, 6) is -0.776. The predicted molar refractivity (Wildman–Crippen MR) is 88.4 cm³/mol. The van der Waals surface area contributed by atoms with E-state index in [4.69, 9.17) is 11.6 Å². The molecule has 0 bridgehead atoms. The molecule has 0 aliphatic heterocycles. The summed E-state index contributed by atoms with van der Waals surface area (Å²) in [6.07, 6.45) is 0. The summed E-state index contributed by atoms with van der Waals surface area (Å²) in [5.41, 5.74) is 0.535. The van der Waals surface area contributed by atoms with E-state index in [9.17, 15) is 14.4 Å². The zero-order valence-electron chi connectivity index (χ0n) is 13.2. The van der Waals surface area contributed by atoms with Crippen LogP contribution in [0.25, 0.3) is 0 Å². The van der Waals surface area contributed by atoms with E-state index < -0.39 is 0 Å². The first-order valence-corrected chi connectivity index (χ1v) is 7.69. The molecule has 0 heterocycles. The second kappa shape index (κ2) is 9.81. The fourth-order valence-electron chi connectivity index (χ4n) is 1.87. The van der Waals surface area contributed by atoms with Crippen molar-refractivity contribution in [2.45, 2.75) is 6.92 Å². The number of halogens is 1. The van der Waals surface area contributed by atoms with Gasteiger partial charge < -0.3 is 20.9 Å². The number of carbonyl (C=O) groups is 3. The van der Waals surface area contributed by atoms with Gasteiger partial charge in [-0.2, -0.15) is 0 Å². The molecule has 1 aromatic carbocycles. The number of amides is 3. The van der Waals surface area contributed by atoms with E-state index in [1.54, 1.807) is 38.2 Å². The number of rotatable bonds is 8. The van der Waals surface area contributed by atoms with Crippen LogP contribution in [0.5, 0.6) is 0 Å². The third-order valence-electron chi connectivity index (χ3n) is 2.89. The molecular formula is C15H22ClN4O3+. The van der Waals surface area contributed by atoms with Gasteiger partial charge in [0, 0.05) is 6.54 Å². The van der Waals surface area contributed by atoms with Crippen molar-refractivity contribution in [3.05, 3.63) is 29.3 Å². The van der Waals surface area contributed by atoms with Crippen LogP contribution in [0.2, 0.25) is 5.02 Å². The average Bonchev–Trinajstić information content (AvgIpc) is 2.47. The normalized spacial score (nSPS) is 11.4. The highest BCUT2D eigenvalue weighted by Gasteiger charge is 2.15. The maximum Gasteiger partial charge on any atom is 0.279 e. The molecule has 0 saturated heterocycles. The van der Waals surface area contributed by atoms with Gasteiger partial charge in [-0.05, 0) is 19.1 Å². The minimum atomic E-state index is -0.292. The lowest BCUT2D eigenvalue weighted by Crippen LogP contribution is -3.11. The third-order valence-corrected chi connectivity index (χ3v) is 3.22. The molecule has 1 atom stereocenters. The van der Waals surface area contributed by atoms with Crippen LogP contribution in [-0.2, 0) is 14.4 Å². The predicted octanol–water partition coefficient (Wildman–Crippen LogP) is -0.954. The van der Waals surface area contributed by atoms with E-state index in [1.807, 2.05) is 0 Å². The number of likely N-dealkylation sites (N-methyl/N-ethyl adjacent to an activating group) is 2. The van der Waals surface area contributed by atoms with Gasteiger partial charge >= 0.3 is 0 Å². The minimum absolute atomic E-state index is 0.0637. The van der Waals surface area contributed by atoms with E-state index in [0.717, 1.165) is 0 Å². The Morgan fingerprint density at radius 3 is 2.35 bits per heavy atom. The molecule has 0 saturated carbocycles. The molecule has 0 radical (unpaired) electrons. The zero-order valence-corrected chi connectivity index (χ0v) is 14.0. The van der Waals surface area contributed by atoms with Crippen molar-refractivity contribution in [2.24, 2.45) is 0 Å². The van der Waals surface area contributed by atoms with Crippen LogP contribution in [0.3, 0.4) is 0 Å². The van der Waals surface area contributed by atoms with Crippen molar-refractivity contribution in [2.75, 3.05) is 38.5 Å². The summed E-state index contributed by atoms with van der Waals surface area (Å²) in [6.45, 7) is 2.46. The Hall–Kier alpha value is -2.12. The van der Waals surface area contributed by atoms with Crippen LogP contribution in [0.15, 0.2) is 24.3 Å². The molecular weight excluding hydrogens is 320 g/mol. The Kier molecular flexibility index (Phi) is 8.07. The topological polar surface area (TPSA) is 91.7 Å². The molecule has 3 amide bonds. The van der Waals surface area contributed by atoms with E-state index in [0.29, 0.717) is 22.2 Å². The Morgan fingerprint density at radius 2 is 1.70 bits per heavy atom. The molecule has 0 aliphatic carbocycles. The largest absolute Gasteiger partial charge is 0.355 e. The van der Waals surface area contributed by atoms with Gasteiger partial charge in [-0.3, -0.25) is 14.4 Å². The molecule has 8 heteroatoms. The summed E-state index contributed by atoms with van der Waals surface area (Å²) in [6, 6.07) is 6.93. The number of hydrogen-bond acceptors (Lipinski definition) is 3. The van der Waals surface area contributed by atoms with Gasteiger partial charge in [0.05, 0.1) is 24.3 Å². The van der Waals surface area contributed by atoms with Crippen molar-refractivity contribution in [1.82, 2.24) is 10.6 Å². The van der Waals surface area contributed by atoms with E-state index in [-0.39, 0.29) is 37.4 Å². The highest BCUT2D eigenvalue weighted by molar-refractivity contribution is 6.33. The molecule has 126 valence electrons. The van der Waals surface area contributed by atoms with Crippen LogP contribution >= 0.6 is 11.6 Å². The molecule has 0 fully saturated rings. The molecule has 0 aliphatic rings. The summed E-state index contributed by atoms with van der Waals surface area (Å²) < 4.78 is 0. The van der Waals surface area contributed by atoms with Crippen LogP contribution in [0.4, 0.5) is 5.69 Å². The number of para-hydroxylation sites is 1. The van der Waals surface area contributed by atoms with Crippen molar-refractivity contribution in [3.63, 3.8) is 0 Å². The van der Waals surface area contributed by atoms with Crippen molar-refractivity contribution in [1.29, 1.82) is 0 Å². The average molecular weight is 342 g/mol. The van der Waals surface area contributed by atoms with Gasteiger partial charge in [0.2, 0.25) is 5.91 Å². The lowest BCUT2D eigenvalue weighted by molar-refractivity contribution is -0.862. The second-order valence-electron chi connectivity index (χ2n) is 5.07. The number of anilines is 1. The summed E-state index contributed by atoms with van der Waals surface area (Å²) in [4.78, 5) is 35.5. The van der Waals surface area contributed by atoms with E-state index in [2.05, 4.69) is 16.0 Å². The highest BCUT2D eigenvalue weighted by atomic mass is 35.5. The number of hydrogen-bond donors (Lipinski definition) is 4.